The van der Waals surface area contributed by atoms with Gasteiger partial charge >= 0.3 is 0 Å². The van der Waals surface area contributed by atoms with Crippen LogP contribution in [-0.2, 0) is 6.42 Å². The van der Waals surface area contributed by atoms with Crippen LogP contribution in [0, 0.1) is 10.1 Å². The molecule has 2 aromatic rings. The van der Waals surface area contributed by atoms with E-state index in [4.69, 9.17) is 18.0 Å². The summed E-state index contributed by atoms with van der Waals surface area (Å²) in [5.74, 6) is 0. The van der Waals surface area contributed by atoms with Crippen LogP contribution < -0.4 is 16.4 Å². The lowest BCUT2D eigenvalue weighted by Crippen LogP contribution is -2.19. The molecule has 0 saturated heterocycles. The molecular formula is C15H16N4O2S. The number of anilines is 3. The first-order chi connectivity index (χ1) is 10.5. The molecule has 0 spiro atoms. The van der Waals surface area contributed by atoms with Crippen molar-refractivity contribution in [3.8, 4) is 0 Å². The fourth-order valence-electron chi connectivity index (χ4n) is 1.90. The second-order valence-corrected chi connectivity index (χ2v) is 5.07. The van der Waals surface area contributed by atoms with Gasteiger partial charge in [0.15, 0.2) is 5.11 Å². The van der Waals surface area contributed by atoms with Gasteiger partial charge in [-0.25, -0.2) is 0 Å². The van der Waals surface area contributed by atoms with E-state index in [1.165, 1.54) is 17.7 Å². The molecule has 0 aliphatic rings. The number of nitrogens with one attached hydrogen (secondary N) is 2. The first kappa shape index (κ1) is 15.7. The van der Waals surface area contributed by atoms with Crippen LogP contribution in [0.3, 0.4) is 0 Å². The lowest BCUT2D eigenvalue weighted by atomic mass is 10.1. The van der Waals surface area contributed by atoms with Crippen LogP contribution in [0.25, 0.3) is 0 Å². The molecule has 7 heteroatoms. The number of thiocarbonyl (C=S) groups is 1. The molecule has 0 unspecified atom stereocenters. The average Bonchev–Trinajstić information content (AvgIpc) is 2.49. The molecule has 2 rings (SSSR count). The molecule has 0 amide bonds. The van der Waals surface area contributed by atoms with E-state index in [9.17, 15) is 10.1 Å². The molecule has 4 N–H and O–H groups in total. The number of benzene rings is 2. The number of nitrogens with zero attached hydrogens (tertiary/aromatic N) is 1. The highest BCUT2D eigenvalue weighted by Gasteiger charge is 2.12. The number of nitro benzene ring substituents is 1. The van der Waals surface area contributed by atoms with Gasteiger partial charge in [-0.1, -0.05) is 19.1 Å². The lowest BCUT2D eigenvalue weighted by molar-refractivity contribution is -0.383. The molecule has 0 radical (unpaired) electrons. The van der Waals surface area contributed by atoms with Gasteiger partial charge in [-0.2, -0.15) is 0 Å². The topological polar surface area (TPSA) is 93.2 Å². The predicted octanol–water partition coefficient (Wildman–Crippen LogP) is 3.55. The molecular weight excluding hydrogens is 300 g/mol. The third-order valence-corrected chi connectivity index (χ3v) is 3.31. The second kappa shape index (κ2) is 6.86. The lowest BCUT2D eigenvalue weighted by Gasteiger charge is -2.11. The van der Waals surface area contributed by atoms with E-state index in [1.807, 2.05) is 24.3 Å². The summed E-state index contributed by atoms with van der Waals surface area (Å²) >= 11 is 5.20. The highest BCUT2D eigenvalue weighted by Crippen LogP contribution is 2.25. The number of nitro groups is 1. The Morgan fingerprint density at radius 3 is 2.36 bits per heavy atom. The summed E-state index contributed by atoms with van der Waals surface area (Å²) in [7, 11) is 0. The van der Waals surface area contributed by atoms with Crippen LogP contribution in [-0.4, -0.2) is 10.0 Å². The Bertz CT molecular complexity index is 701. The van der Waals surface area contributed by atoms with Crippen molar-refractivity contribution >= 4 is 40.1 Å². The summed E-state index contributed by atoms with van der Waals surface area (Å²) in [4.78, 5) is 10.3. The first-order valence-electron chi connectivity index (χ1n) is 6.70. The van der Waals surface area contributed by atoms with E-state index in [2.05, 4.69) is 17.6 Å². The molecule has 0 bridgehead atoms. The van der Waals surface area contributed by atoms with Gasteiger partial charge in [0, 0.05) is 17.4 Å². The van der Waals surface area contributed by atoms with E-state index in [0.29, 0.717) is 10.8 Å². The van der Waals surface area contributed by atoms with Crippen molar-refractivity contribution < 1.29 is 4.92 Å². The van der Waals surface area contributed by atoms with Crippen molar-refractivity contribution in [2.45, 2.75) is 13.3 Å². The van der Waals surface area contributed by atoms with Crippen LogP contribution in [0.5, 0.6) is 0 Å². The van der Waals surface area contributed by atoms with Crippen molar-refractivity contribution in [2.24, 2.45) is 0 Å². The minimum atomic E-state index is -0.527. The Labute approximate surface area is 133 Å². The summed E-state index contributed by atoms with van der Waals surface area (Å²) in [5, 5.41) is 17.1. The van der Waals surface area contributed by atoms with Crippen LogP contribution in [0.2, 0.25) is 0 Å². The molecule has 0 aliphatic carbocycles. The molecule has 0 heterocycles. The standard InChI is InChI=1S/C15H16N4O2S/c1-2-10-3-5-11(6-4-10)17-15(22)18-12-7-8-13(16)14(9-12)19(20)21/h3-9H,2,16H2,1H3,(H2,17,18,22). The van der Waals surface area contributed by atoms with Gasteiger partial charge in [0.25, 0.3) is 5.69 Å². The van der Waals surface area contributed by atoms with E-state index in [0.717, 1.165) is 12.1 Å². The summed E-state index contributed by atoms with van der Waals surface area (Å²) in [6.45, 7) is 2.09. The zero-order chi connectivity index (χ0) is 16.1. The normalized spacial score (nSPS) is 10.0. The number of rotatable bonds is 4. The van der Waals surface area contributed by atoms with Gasteiger partial charge in [0.05, 0.1) is 4.92 Å². The highest BCUT2D eigenvalue weighted by molar-refractivity contribution is 7.80. The monoisotopic (exact) mass is 316 g/mol. The third kappa shape index (κ3) is 3.92. The molecule has 0 fully saturated rings. The molecule has 0 aliphatic heterocycles. The van der Waals surface area contributed by atoms with Crippen molar-refractivity contribution in [1.29, 1.82) is 0 Å². The van der Waals surface area contributed by atoms with E-state index >= 15 is 0 Å². The zero-order valence-electron chi connectivity index (χ0n) is 12.0. The largest absolute Gasteiger partial charge is 0.393 e. The summed E-state index contributed by atoms with van der Waals surface area (Å²) < 4.78 is 0. The number of hydrogen-bond acceptors (Lipinski definition) is 4. The average molecular weight is 316 g/mol. The Hall–Kier alpha value is -2.67. The molecule has 22 heavy (non-hydrogen) atoms. The fraction of sp³-hybridized carbons (Fsp3) is 0.133. The molecule has 0 aromatic heterocycles. The predicted molar refractivity (Wildman–Crippen MR) is 93.2 cm³/mol. The number of aryl methyl sites for hydroxylation is 1. The SMILES string of the molecule is CCc1ccc(NC(=S)Nc2ccc(N)c([N+](=O)[O-])c2)cc1. The van der Waals surface area contributed by atoms with E-state index < -0.39 is 4.92 Å². The second-order valence-electron chi connectivity index (χ2n) is 4.66. The fourth-order valence-corrected chi connectivity index (χ4v) is 2.13. The summed E-state index contributed by atoms with van der Waals surface area (Å²) in [6, 6.07) is 12.3. The summed E-state index contributed by atoms with van der Waals surface area (Å²) in [5.41, 5.74) is 8.10. The van der Waals surface area contributed by atoms with Crippen LogP contribution in [0.15, 0.2) is 42.5 Å². The minimum Gasteiger partial charge on any atom is -0.393 e. The van der Waals surface area contributed by atoms with Crippen molar-refractivity contribution in [3.05, 3.63) is 58.1 Å². The van der Waals surface area contributed by atoms with Crippen molar-refractivity contribution in [2.75, 3.05) is 16.4 Å². The molecule has 6 nitrogen and oxygen atoms in total. The molecule has 114 valence electrons. The van der Waals surface area contributed by atoms with Crippen molar-refractivity contribution in [3.63, 3.8) is 0 Å². The number of hydrogen-bond donors (Lipinski definition) is 3. The van der Waals surface area contributed by atoms with Gasteiger partial charge in [-0.3, -0.25) is 10.1 Å². The van der Waals surface area contributed by atoms with Gasteiger partial charge < -0.3 is 16.4 Å². The first-order valence-corrected chi connectivity index (χ1v) is 7.11. The Morgan fingerprint density at radius 1 is 1.18 bits per heavy atom. The molecule has 0 saturated carbocycles. The quantitative estimate of drug-likeness (QED) is 0.346. The van der Waals surface area contributed by atoms with E-state index in [-0.39, 0.29) is 11.4 Å². The van der Waals surface area contributed by atoms with Crippen LogP contribution in [0.1, 0.15) is 12.5 Å². The molecule has 0 atom stereocenters. The maximum atomic E-state index is 10.9. The number of nitrogens with two attached hydrogens (primary N) is 1. The van der Waals surface area contributed by atoms with E-state index in [1.54, 1.807) is 6.07 Å². The maximum absolute atomic E-state index is 10.9. The van der Waals surface area contributed by atoms with Gasteiger partial charge in [0.1, 0.15) is 5.69 Å². The third-order valence-electron chi connectivity index (χ3n) is 3.11. The number of nitrogen functional groups attached to an aromatic ring is 1. The minimum absolute atomic E-state index is 0.115. The van der Waals surface area contributed by atoms with Crippen LogP contribution in [0.4, 0.5) is 22.7 Å². The Kier molecular flexibility index (Phi) is 4.90. The summed E-state index contributed by atoms with van der Waals surface area (Å²) in [6.07, 6.45) is 0.970. The van der Waals surface area contributed by atoms with Gasteiger partial charge in [0.2, 0.25) is 0 Å². The van der Waals surface area contributed by atoms with Crippen molar-refractivity contribution in [1.82, 2.24) is 0 Å². The zero-order valence-corrected chi connectivity index (χ0v) is 12.8. The highest BCUT2D eigenvalue weighted by atomic mass is 32.1. The van der Waals surface area contributed by atoms with Gasteiger partial charge in [-0.05, 0) is 48.5 Å². The Balaban J connectivity index is 2.05. The van der Waals surface area contributed by atoms with Crippen LogP contribution >= 0.6 is 12.2 Å². The molecule has 2 aromatic carbocycles. The smallest absolute Gasteiger partial charge is 0.294 e. The maximum Gasteiger partial charge on any atom is 0.294 e. The Morgan fingerprint density at radius 2 is 1.77 bits per heavy atom. The van der Waals surface area contributed by atoms with Gasteiger partial charge in [-0.15, -0.1) is 0 Å².